The third kappa shape index (κ3) is 2.13. The summed E-state index contributed by atoms with van der Waals surface area (Å²) in [6.45, 7) is 0.0921. The van der Waals surface area contributed by atoms with Crippen molar-refractivity contribution in [3.8, 4) is 0 Å². The fourth-order valence-electron chi connectivity index (χ4n) is 1.31. The number of benzene rings is 1. The van der Waals surface area contributed by atoms with E-state index in [4.69, 9.17) is 9.84 Å². The first kappa shape index (κ1) is 9.65. The molecule has 1 aliphatic heterocycles. The lowest BCUT2D eigenvalue weighted by molar-refractivity contribution is 0.242. The first-order valence-corrected chi connectivity index (χ1v) is 5.51. The molecule has 2 atom stereocenters. The van der Waals surface area contributed by atoms with Crippen LogP contribution in [0.5, 0.6) is 0 Å². The van der Waals surface area contributed by atoms with Crippen LogP contribution in [0.25, 0.3) is 0 Å². The number of aliphatic hydroxyl groups is 1. The van der Waals surface area contributed by atoms with E-state index in [1.165, 1.54) is 0 Å². The number of epoxide rings is 1. The summed E-state index contributed by atoms with van der Waals surface area (Å²) < 4.78 is 7.31. The number of hydrogen-bond acceptors (Lipinski definition) is 2. The van der Waals surface area contributed by atoms with Gasteiger partial charge in [0, 0.05) is 8.95 Å². The van der Waals surface area contributed by atoms with Crippen molar-refractivity contribution in [1.82, 2.24) is 0 Å². The second-order valence-electron chi connectivity index (χ2n) is 2.98. The lowest BCUT2D eigenvalue weighted by Gasteiger charge is -1.98. The molecule has 13 heavy (non-hydrogen) atoms. The van der Waals surface area contributed by atoms with Crippen LogP contribution >= 0.6 is 31.9 Å². The second kappa shape index (κ2) is 3.69. The van der Waals surface area contributed by atoms with E-state index in [0.717, 1.165) is 14.5 Å². The Morgan fingerprint density at radius 2 is 1.85 bits per heavy atom. The Bertz CT molecular complexity index is 307. The van der Waals surface area contributed by atoms with Gasteiger partial charge in [0.25, 0.3) is 0 Å². The standard InChI is InChI=1S/C9H8Br2O2/c10-6-1-5(2-7(11)3-6)9-8(4-12)13-9/h1-3,8-9,12H,4H2/t8-,9+/m0/s1. The van der Waals surface area contributed by atoms with Gasteiger partial charge in [0.1, 0.15) is 12.2 Å². The summed E-state index contributed by atoms with van der Waals surface area (Å²) in [7, 11) is 0. The van der Waals surface area contributed by atoms with Crippen LogP contribution in [0, 0.1) is 0 Å². The predicted octanol–water partition coefficient (Wildman–Crippen LogP) is 2.64. The summed E-state index contributed by atoms with van der Waals surface area (Å²) in [6.07, 6.45) is 0.0556. The third-order valence-corrected chi connectivity index (χ3v) is 2.89. The van der Waals surface area contributed by atoms with Gasteiger partial charge in [0.15, 0.2) is 0 Å². The van der Waals surface area contributed by atoms with E-state index >= 15 is 0 Å². The first-order chi connectivity index (χ1) is 6.20. The van der Waals surface area contributed by atoms with E-state index in [2.05, 4.69) is 31.9 Å². The van der Waals surface area contributed by atoms with Crippen molar-refractivity contribution in [3.05, 3.63) is 32.7 Å². The van der Waals surface area contributed by atoms with Gasteiger partial charge in [-0.2, -0.15) is 0 Å². The molecule has 0 amide bonds. The molecule has 1 fully saturated rings. The van der Waals surface area contributed by atoms with Crippen molar-refractivity contribution in [3.63, 3.8) is 0 Å². The summed E-state index contributed by atoms with van der Waals surface area (Å²) in [5.41, 5.74) is 1.10. The molecule has 0 unspecified atom stereocenters. The van der Waals surface area contributed by atoms with Gasteiger partial charge in [0.2, 0.25) is 0 Å². The first-order valence-electron chi connectivity index (χ1n) is 3.93. The Morgan fingerprint density at radius 3 is 2.31 bits per heavy atom. The molecule has 0 saturated carbocycles. The fourth-order valence-corrected chi connectivity index (χ4v) is 2.64. The highest BCUT2D eigenvalue weighted by molar-refractivity contribution is 9.11. The predicted molar refractivity (Wildman–Crippen MR) is 56.5 cm³/mol. The lowest BCUT2D eigenvalue weighted by atomic mass is 10.1. The van der Waals surface area contributed by atoms with Crippen LogP contribution < -0.4 is 0 Å². The van der Waals surface area contributed by atoms with E-state index in [9.17, 15) is 0 Å². The van der Waals surface area contributed by atoms with Gasteiger partial charge < -0.3 is 9.84 Å². The number of aliphatic hydroxyl groups excluding tert-OH is 1. The molecule has 1 aromatic carbocycles. The van der Waals surface area contributed by atoms with Crippen LogP contribution in [0.1, 0.15) is 11.7 Å². The van der Waals surface area contributed by atoms with Crippen molar-refractivity contribution >= 4 is 31.9 Å². The zero-order valence-electron chi connectivity index (χ0n) is 6.71. The SMILES string of the molecule is OC[C@@H]1O[C@@H]1c1cc(Br)cc(Br)c1. The molecule has 4 heteroatoms. The molecule has 70 valence electrons. The maximum absolute atomic E-state index is 8.83. The highest BCUT2D eigenvalue weighted by Crippen LogP contribution is 2.40. The van der Waals surface area contributed by atoms with Gasteiger partial charge in [-0.3, -0.25) is 0 Å². The monoisotopic (exact) mass is 306 g/mol. The third-order valence-electron chi connectivity index (χ3n) is 1.98. The average Bonchev–Trinajstić information content (AvgIpc) is 2.80. The van der Waals surface area contributed by atoms with E-state index in [1.54, 1.807) is 0 Å². The van der Waals surface area contributed by atoms with Crippen LogP contribution in [0.3, 0.4) is 0 Å². The maximum atomic E-state index is 8.83. The zero-order chi connectivity index (χ0) is 9.42. The van der Waals surface area contributed by atoms with Crippen LogP contribution in [0.15, 0.2) is 27.1 Å². The van der Waals surface area contributed by atoms with Gasteiger partial charge >= 0.3 is 0 Å². The van der Waals surface area contributed by atoms with Gasteiger partial charge in [-0.1, -0.05) is 31.9 Å². The molecule has 1 aliphatic rings. The fraction of sp³-hybridized carbons (Fsp3) is 0.333. The molecule has 0 aliphatic carbocycles. The van der Waals surface area contributed by atoms with Gasteiger partial charge in [-0.15, -0.1) is 0 Å². The molecule has 1 aromatic rings. The van der Waals surface area contributed by atoms with Gasteiger partial charge in [0.05, 0.1) is 6.61 Å². The quantitative estimate of drug-likeness (QED) is 0.852. The average molecular weight is 308 g/mol. The molecule has 0 bridgehead atoms. The van der Waals surface area contributed by atoms with E-state index in [-0.39, 0.29) is 18.8 Å². The topological polar surface area (TPSA) is 32.8 Å². The maximum Gasteiger partial charge on any atom is 0.112 e. The number of halogens is 2. The molecule has 0 aromatic heterocycles. The Hall–Kier alpha value is 0.1000. The number of hydrogen-bond donors (Lipinski definition) is 1. The largest absolute Gasteiger partial charge is 0.394 e. The zero-order valence-corrected chi connectivity index (χ0v) is 9.88. The molecule has 2 rings (SSSR count). The van der Waals surface area contributed by atoms with Crippen LogP contribution in [0.2, 0.25) is 0 Å². The van der Waals surface area contributed by atoms with E-state index in [1.807, 2.05) is 18.2 Å². The second-order valence-corrected chi connectivity index (χ2v) is 4.81. The molecule has 1 N–H and O–H groups in total. The van der Waals surface area contributed by atoms with Crippen LogP contribution in [-0.4, -0.2) is 17.8 Å². The highest BCUT2D eigenvalue weighted by atomic mass is 79.9. The minimum atomic E-state index is -0.0128. The Morgan fingerprint density at radius 1 is 1.23 bits per heavy atom. The van der Waals surface area contributed by atoms with Crippen molar-refractivity contribution in [2.75, 3.05) is 6.61 Å². The lowest BCUT2D eigenvalue weighted by Crippen LogP contribution is -1.94. The molecule has 2 nitrogen and oxygen atoms in total. The highest BCUT2D eigenvalue weighted by Gasteiger charge is 2.39. The summed E-state index contributed by atoms with van der Waals surface area (Å²) in [5.74, 6) is 0. The minimum absolute atomic E-state index is 0.0128. The Labute approximate surface area is 93.2 Å². The van der Waals surface area contributed by atoms with Crippen molar-refractivity contribution in [2.45, 2.75) is 12.2 Å². The van der Waals surface area contributed by atoms with Crippen molar-refractivity contribution in [2.24, 2.45) is 0 Å². The van der Waals surface area contributed by atoms with Crippen molar-refractivity contribution in [1.29, 1.82) is 0 Å². The number of rotatable bonds is 2. The van der Waals surface area contributed by atoms with Crippen LogP contribution in [-0.2, 0) is 4.74 Å². The van der Waals surface area contributed by atoms with Crippen molar-refractivity contribution < 1.29 is 9.84 Å². The normalized spacial score (nSPS) is 26.1. The van der Waals surface area contributed by atoms with Crippen LogP contribution in [0.4, 0.5) is 0 Å². The molecule has 0 radical (unpaired) electrons. The van der Waals surface area contributed by atoms with E-state index in [0.29, 0.717) is 0 Å². The molecule has 1 heterocycles. The molecule has 1 saturated heterocycles. The molecular weight excluding hydrogens is 300 g/mol. The molecular formula is C9H8Br2O2. The smallest absolute Gasteiger partial charge is 0.112 e. The summed E-state index contributed by atoms with van der Waals surface area (Å²) >= 11 is 6.81. The molecule has 0 spiro atoms. The van der Waals surface area contributed by atoms with Gasteiger partial charge in [-0.05, 0) is 23.8 Å². The Kier molecular flexibility index (Phi) is 2.74. The number of ether oxygens (including phenoxy) is 1. The van der Waals surface area contributed by atoms with E-state index < -0.39 is 0 Å². The Balaban J connectivity index is 2.22. The van der Waals surface area contributed by atoms with Gasteiger partial charge in [-0.25, -0.2) is 0 Å². The summed E-state index contributed by atoms with van der Waals surface area (Å²) in [6, 6.07) is 5.98. The summed E-state index contributed by atoms with van der Waals surface area (Å²) in [5, 5.41) is 8.83. The summed E-state index contributed by atoms with van der Waals surface area (Å²) in [4.78, 5) is 0. The minimum Gasteiger partial charge on any atom is -0.394 e.